The molecule has 3 rings (SSSR count). The maximum atomic E-state index is 12.7. The molecule has 1 saturated heterocycles. The average Bonchev–Trinajstić information content (AvgIpc) is 3.00. The Morgan fingerprint density at radius 3 is 2.71 bits per heavy atom. The number of hydrogen-bond acceptors (Lipinski definition) is 3. The van der Waals surface area contributed by atoms with Crippen LogP contribution in [-0.4, -0.2) is 46.5 Å². The van der Waals surface area contributed by atoms with Crippen molar-refractivity contribution in [2.45, 2.75) is 25.4 Å². The van der Waals surface area contributed by atoms with Crippen molar-refractivity contribution in [2.75, 3.05) is 25.9 Å². The molecule has 1 fully saturated rings. The Morgan fingerprint density at radius 1 is 1.29 bits per heavy atom. The summed E-state index contributed by atoms with van der Waals surface area (Å²) < 4.78 is 2.15. The Labute approximate surface area is 143 Å². The predicted octanol–water partition coefficient (Wildman–Crippen LogP) is 2.34. The zero-order chi connectivity index (χ0) is 17.1. The highest BCUT2D eigenvalue weighted by atomic mass is 16.2. The van der Waals surface area contributed by atoms with Crippen molar-refractivity contribution in [3.8, 4) is 0 Å². The van der Waals surface area contributed by atoms with Crippen molar-refractivity contribution < 1.29 is 4.79 Å². The van der Waals surface area contributed by atoms with Crippen molar-refractivity contribution >= 4 is 11.6 Å². The number of nitrogens with two attached hydrogens (primary N) is 1. The number of hydrogen-bond donors (Lipinski definition) is 1. The standard InChI is InChI=1S/C19H26N4O/c1-21-11-3-5-17(21)13-22(2)18-6-4-12-23(14-18)19(24)15-7-9-16(20)10-8-15/h3,5,7-11,18H,4,6,12-14,20H2,1-2H3. The lowest BCUT2D eigenvalue weighted by molar-refractivity contribution is 0.0600. The zero-order valence-electron chi connectivity index (χ0n) is 14.5. The number of nitrogen functional groups attached to an aromatic ring is 1. The van der Waals surface area contributed by atoms with Gasteiger partial charge in [0.1, 0.15) is 0 Å². The molecule has 0 aliphatic carbocycles. The molecule has 0 saturated carbocycles. The highest BCUT2D eigenvalue weighted by Gasteiger charge is 2.27. The highest BCUT2D eigenvalue weighted by molar-refractivity contribution is 5.94. The first-order valence-corrected chi connectivity index (χ1v) is 8.50. The third-order valence-corrected chi connectivity index (χ3v) is 4.93. The molecule has 2 aromatic rings. The first-order chi connectivity index (χ1) is 11.5. The Morgan fingerprint density at radius 2 is 2.04 bits per heavy atom. The lowest BCUT2D eigenvalue weighted by atomic mass is 10.0. The maximum absolute atomic E-state index is 12.7. The number of amides is 1. The van der Waals surface area contributed by atoms with E-state index in [4.69, 9.17) is 5.73 Å². The van der Waals surface area contributed by atoms with E-state index in [1.54, 1.807) is 12.1 Å². The number of carbonyl (C=O) groups excluding carboxylic acids is 1. The molecular weight excluding hydrogens is 300 g/mol. The quantitative estimate of drug-likeness (QED) is 0.878. The minimum Gasteiger partial charge on any atom is -0.399 e. The number of likely N-dealkylation sites (tertiary alicyclic amines) is 1. The Balaban J connectivity index is 1.64. The highest BCUT2D eigenvalue weighted by Crippen LogP contribution is 2.19. The SMILES string of the molecule is CN(Cc1cccn1C)C1CCCN(C(=O)c2ccc(N)cc2)C1. The topological polar surface area (TPSA) is 54.5 Å². The molecule has 1 aliphatic rings. The fraction of sp³-hybridized carbons (Fsp3) is 0.421. The van der Waals surface area contributed by atoms with Crippen LogP contribution in [0.15, 0.2) is 42.6 Å². The van der Waals surface area contributed by atoms with Gasteiger partial charge in [-0.05, 0) is 56.3 Å². The van der Waals surface area contributed by atoms with E-state index < -0.39 is 0 Å². The Hall–Kier alpha value is -2.27. The van der Waals surface area contributed by atoms with Crippen LogP contribution in [-0.2, 0) is 13.6 Å². The summed E-state index contributed by atoms with van der Waals surface area (Å²) in [5.74, 6) is 0.104. The van der Waals surface area contributed by atoms with Gasteiger partial charge in [-0.3, -0.25) is 9.69 Å². The number of aryl methyl sites for hydroxylation is 1. The lowest BCUT2D eigenvalue weighted by Crippen LogP contribution is -2.48. The number of aromatic nitrogens is 1. The van der Waals surface area contributed by atoms with Crippen LogP contribution in [0.3, 0.4) is 0 Å². The second-order valence-electron chi connectivity index (χ2n) is 6.69. The van der Waals surface area contributed by atoms with E-state index >= 15 is 0 Å². The molecule has 5 heteroatoms. The predicted molar refractivity (Wildman–Crippen MR) is 96.7 cm³/mol. The Bertz CT molecular complexity index is 692. The summed E-state index contributed by atoms with van der Waals surface area (Å²) in [5, 5.41) is 0. The third kappa shape index (κ3) is 3.62. The minimum atomic E-state index is 0.104. The second-order valence-corrected chi connectivity index (χ2v) is 6.69. The number of nitrogens with zero attached hydrogens (tertiary/aromatic N) is 3. The molecule has 128 valence electrons. The fourth-order valence-corrected chi connectivity index (χ4v) is 3.35. The molecule has 1 atom stereocenters. The summed E-state index contributed by atoms with van der Waals surface area (Å²) >= 11 is 0. The summed E-state index contributed by atoms with van der Waals surface area (Å²) in [5.41, 5.74) is 8.40. The van der Waals surface area contributed by atoms with Gasteiger partial charge in [0.15, 0.2) is 0 Å². The van der Waals surface area contributed by atoms with Crippen LogP contribution in [0.5, 0.6) is 0 Å². The molecule has 5 nitrogen and oxygen atoms in total. The fourth-order valence-electron chi connectivity index (χ4n) is 3.35. The second kappa shape index (κ2) is 7.09. The molecule has 0 bridgehead atoms. The third-order valence-electron chi connectivity index (χ3n) is 4.93. The molecule has 1 aliphatic heterocycles. The summed E-state index contributed by atoms with van der Waals surface area (Å²) in [6.45, 7) is 2.51. The van der Waals surface area contributed by atoms with Gasteiger partial charge in [-0.25, -0.2) is 0 Å². The number of benzene rings is 1. The maximum Gasteiger partial charge on any atom is 0.253 e. The monoisotopic (exact) mass is 326 g/mol. The molecule has 1 amide bonds. The van der Waals surface area contributed by atoms with Crippen LogP contribution in [0, 0.1) is 0 Å². The first kappa shape index (κ1) is 16.6. The molecule has 0 spiro atoms. The van der Waals surface area contributed by atoms with Gasteiger partial charge in [0.2, 0.25) is 0 Å². The van der Waals surface area contributed by atoms with E-state index in [2.05, 4.69) is 41.9 Å². The van der Waals surface area contributed by atoms with Crippen molar-refractivity contribution in [3.05, 3.63) is 53.9 Å². The van der Waals surface area contributed by atoms with Gasteiger partial charge in [0.25, 0.3) is 5.91 Å². The lowest BCUT2D eigenvalue weighted by Gasteiger charge is -2.37. The van der Waals surface area contributed by atoms with Gasteiger partial charge in [0.05, 0.1) is 0 Å². The van der Waals surface area contributed by atoms with E-state index in [0.717, 1.165) is 38.0 Å². The molecule has 24 heavy (non-hydrogen) atoms. The van der Waals surface area contributed by atoms with Crippen LogP contribution in [0.4, 0.5) is 5.69 Å². The van der Waals surface area contributed by atoms with E-state index in [9.17, 15) is 4.79 Å². The van der Waals surface area contributed by atoms with Gasteiger partial charge in [-0.2, -0.15) is 0 Å². The summed E-state index contributed by atoms with van der Waals surface area (Å²) in [4.78, 5) is 17.0. The average molecular weight is 326 g/mol. The van der Waals surface area contributed by atoms with Crippen molar-refractivity contribution in [1.29, 1.82) is 0 Å². The van der Waals surface area contributed by atoms with E-state index in [1.807, 2.05) is 17.0 Å². The number of likely N-dealkylation sites (N-methyl/N-ethyl adjacent to an activating group) is 1. The van der Waals surface area contributed by atoms with Gasteiger partial charge in [-0.15, -0.1) is 0 Å². The van der Waals surface area contributed by atoms with Crippen LogP contribution in [0.25, 0.3) is 0 Å². The molecule has 2 N–H and O–H groups in total. The van der Waals surface area contributed by atoms with Crippen molar-refractivity contribution in [3.63, 3.8) is 0 Å². The molecule has 0 radical (unpaired) electrons. The van der Waals surface area contributed by atoms with Gasteiger partial charge < -0.3 is 15.2 Å². The van der Waals surface area contributed by atoms with E-state index in [1.165, 1.54) is 5.69 Å². The number of rotatable bonds is 4. The number of carbonyl (C=O) groups is 1. The van der Waals surface area contributed by atoms with Crippen molar-refractivity contribution in [2.24, 2.45) is 7.05 Å². The minimum absolute atomic E-state index is 0.104. The van der Waals surface area contributed by atoms with Gasteiger partial charge in [-0.1, -0.05) is 0 Å². The largest absolute Gasteiger partial charge is 0.399 e. The normalized spacial score (nSPS) is 18.1. The summed E-state index contributed by atoms with van der Waals surface area (Å²) in [6.07, 6.45) is 4.25. The smallest absolute Gasteiger partial charge is 0.253 e. The van der Waals surface area contributed by atoms with Crippen LogP contribution in [0.1, 0.15) is 28.9 Å². The number of anilines is 1. The molecule has 1 aromatic carbocycles. The van der Waals surface area contributed by atoms with E-state index in [-0.39, 0.29) is 5.91 Å². The molecule has 1 unspecified atom stereocenters. The van der Waals surface area contributed by atoms with Crippen LogP contribution in [0.2, 0.25) is 0 Å². The zero-order valence-corrected chi connectivity index (χ0v) is 14.5. The Kier molecular flexibility index (Phi) is 4.90. The van der Waals surface area contributed by atoms with Gasteiger partial charge in [0, 0.05) is 55.9 Å². The first-order valence-electron chi connectivity index (χ1n) is 8.50. The van der Waals surface area contributed by atoms with Crippen molar-refractivity contribution in [1.82, 2.24) is 14.4 Å². The van der Waals surface area contributed by atoms with E-state index in [0.29, 0.717) is 11.7 Å². The molecule has 2 heterocycles. The van der Waals surface area contributed by atoms with Crippen LogP contribution >= 0.6 is 0 Å². The summed E-state index contributed by atoms with van der Waals surface area (Å²) in [6, 6.07) is 11.8. The molecule has 1 aromatic heterocycles. The molecular formula is C19H26N4O. The number of piperidine rings is 1. The van der Waals surface area contributed by atoms with Gasteiger partial charge >= 0.3 is 0 Å². The van der Waals surface area contributed by atoms with Crippen LogP contribution < -0.4 is 5.73 Å². The summed E-state index contributed by atoms with van der Waals surface area (Å²) in [7, 11) is 4.22.